The third-order valence-corrected chi connectivity index (χ3v) is 5.44. The van der Waals surface area contributed by atoms with Crippen LogP contribution in [-0.2, 0) is 10.0 Å². The second-order valence-corrected chi connectivity index (χ2v) is 7.62. The third-order valence-electron chi connectivity index (χ3n) is 3.54. The molecule has 2 aromatic carbocycles. The number of carbonyl (C=O) groups excluding carboxylic acids is 1. The summed E-state index contributed by atoms with van der Waals surface area (Å²) in [6.07, 6.45) is 0. The molecule has 2 N–H and O–H groups in total. The van der Waals surface area contributed by atoms with Crippen LogP contribution in [0.1, 0.15) is 17.3 Å². The predicted octanol–water partition coefficient (Wildman–Crippen LogP) is 2.46. The molecular weight excluding hydrogens is 392 g/mol. The number of nitrogens with one attached hydrogen (secondary N) is 2. The SMILES string of the molecule is CCOc1ccc(OCCNC(=O)c2ccc(Cl)c(S(=O)(=O)NC)c2)cc1. The molecule has 0 aliphatic carbocycles. The van der Waals surface area contributed by atoms with Gasteiger partial charge in [0.25, 0.3) is 5.91 Å². The number of carbonyl (C=O) groups is 1. The van der Waals surface area contributed by atoms with Crippen LogP contribution in [0.15, 0.2) is 47.4 Å². The van der Waals surface area contributed by atoms with Crippen LogP contribution in [0.3, 0.4) is 0 Å². The Morgan fingerprint density at radius 1 is 1.07 bits per heavy atom. The molecule has 0 radical (unpaired) electrons. The monoisotopic (exact) mass is 412 g/mol. The minimum Gasteiger partial charge on any atom is -0.494 e. The Morgan fingerprint density at radius 2 is 1.70 bits per heavy atom. The van der Waals surface area contributed by atoms with Crippen molar-refractivity contribution < 1.29 is 22.7 Å². The van der Waals surface area contributed by atoms with Crippen molar-refractivity contribution in [3.05, 3.63) is 53.1 Å². The lowest BCUT2D eigenvalue weighted by Crippen LogP contribution is -2.28. The maximum absolute atomic E-state index is 12.2. The fourth-order valence-corrected chi connectivity index (χ4v) is 3.44. The zero-order valence-electron chi connectivity index (χ0n) is 15.0. The molecule has 2 aromatic rings. The van der Waals surface area contributed by atoms with Gasteiger partial charge in [-0.1, -0.05) is 11.6 Å². The maximum atomic E-state index is 12.2. The topological polar surface area (TPSA) is 93.7 Å². The van der Waals surface area contributed by atoms with Gasteiger partial charge in [-0.25, -0.2) is 13.1 Å². The summed E-state index contributed by atoms with van der Waals surface area (Å²) in [7, 11) is -2.48. The average molecular weight is 413 g/mol. The maximum Gasteiger partial charge on any atom is 0.251 e. The Labute approximate surface area is 163 Å². The van der Waals surface area contributed by atoms with Crippen molar-refractivity contribution in [2.45, 2.75) is 11.8 Å². The van der Waals surface area contributed by atoms with Crippen molar-refractivity contribution in [2.24, 2.45) is 0 Å². The second kappa shape index (κ2) is 9.59. The van der Waals surface area contributed by atoms with Crippen molar-refractivity contribution in [3.8, 4) is 11.5 Å². The van der Waals surface area contributed by atoms with Gasteiger partial charge in [0.05, 0.1) is 18.2 Å². The number of benzene rings is 2. The Bertz CT molecular complexity index is 885. The van der Waals surface area contributed by atoms with E-state index in [1.165, 1.54) is 25.2 Å². The minimum absolute atomic E-state index is 0.0414. The van der Waals surface area contributed by atoms with E-state index in [4.69, 9.17) is 21.1 Å². The average Bonchev–Trinajstić information content (AvgIpc) is 2.66. The molecule has 0 saturated carbocycles. The van der Waals surface area contributed by atoms with Gasteiger partial charge < -0.3 is 14.8 Å². The number of rotatable bonds is 9. The van der Waals surface area contributed by atoms with Crippen molar-refractivity contribution in [1.82, 2.24) is 10.0 Å². The molecule has 0 bridgehead atoms. The van der Waals surface area contributed by atoms with Crippen LogP contribution in [0.25, 0.3) is 0 Å². The summed E-state index contributed by atoms with van der Waals surface area (Å²) in [5, 5.41) is 2.71. The molecule has 146 valence electrons. The number of ether oxygens (including phenoxy) is 2. The molecule has 0 heterocycles. The van der Waals surface area contributed by atoms with Crippen LogP contribution in [0.2, 0.25) is 5.02 Å². The Morgan fingerprint density at radius 3 is 2.30 bits per heavy atom. The highest BCUT2D eigenvalue weighted by Crippen LogP contribution is 2.22. The highest BCUT2D eigenvalue weighted by Gasteiger charge is 2.18. The first-order chi connectivity index (χ1) is 12.9. The molecule has 0 aromatic heterocycles. The molecule has 27 heavy (non-hydrogen) atoms. The van der Waals surface area contributed by atoms with Crippen LogP contribution in [-0.4, -0.2) is 41.1 Å². The Balaban J connectivity index is 1.90. The van der Waals surface area contributed by atoms with E-state index in [9.17, 15) is 13.2 Å². The molecule has 9 heteroatoms. The largest absolute Gasteiger partial charge is 0.494 e. The molecule has 1 amide bonds. The van der Waals surface area contributed by atoms with Crippen molar-refractivity contribution in [2.75, 3.05) is 26.8 Å². The van der Waals surface area contributed by atoms with Gasteiger partial charge in [-0.15, -0.1) is 0 Å². The Hall–Kier alpha value is -2.29. The van der Waals surface area contributed by atoms with Gasteiger partial charge in [-0.2, -0.15) is 0 Å². The van der Waals surface area contributed by atoms with E-state index in [-0.39, 0.29) is 28.6 Å². The predicted molar refractivity (Wildman–Crippen MR) is 103 cm³/mol. The molecule has 0 spiro atoms. The van der Waals surface area contributed by atoms with E-state index in [1.807, 2.05) is 6.92 Å². The lowest BCUT2D eigenvalue weighted by molar-refractivity contribution is 0.0947. The number of sulfonamides is 1. The summed E-state index contributed by atoms with van der Waals surface area (Å²) in [4.78, 5) is 12.1. The summed E-state index contributed by atoms with van der Waals surface area (Å²) in [6.45, 7) is 3.01. The fourth-order valence-electron chi connectivity index (χ4n) is 2.19. The molecule has 7 nitrogen and oxygen atoms in total. The van der Waals surface area contributed by atoms with E-state index >= 15 is 0 Å². The van der Waals surface area contributed by atoms with E-state index in [1.54, 1.807) is 24.3 Å². The van der Waals surface area contributed by atoms with Crippen LogP contribution >= 0.6 is 11.6 Å². The fraction of sp³-hybridized carbons (Fsp3) is 0.278. The highest BCUT2D eigenvalue weighted by molar-refractivity contribution is 7.89. The normalized spacial score (nSPS) is 11.1. The first-order valence-electron chi connectivity index (χ1n) is 8.24. The van der Waals surface area contributed by atoms with Gasteiger partial charge >= 0.3 is 0 Å². The zero-order valence-corrected chi connectivity index (χ0v) is 16.6. The standard InChI is InChI=1S/C18H21ClN2O5S/c1-3-25-14-5-7-15(8-6-14)26-11-10-21-18(22)13-4-9-16(19)17(12-13)27(23,24)20-2/h4-9,12,20H,3,10-11H2,1-2H3,(H,21,22). The number of amides is 1. The molecule has 2 rings (SSSR count). The zero-order chi connectivity index (χ0) is 19.9. The smallest absolute Gasteiger partial charge is 0.251 e. The van der Waals surface area contributed by atoms with Crippen LogP contribution in [0.5, 0.6) is 11.5 Å². The number of halogens is 1. The van der Waals surface area contributed by atoms with E-state index < -0.39 is 15.9 Å². The van der Waals surface area contributed by atoms with Gasteiger partial charge in [0.1, 0.15) is 23.0 Å². The summed E-state index contributed by atoms with van der Waals surface area (Å²) in [5.41, 5.74) is 0.189. The van der Waals surface area contributed by atoms with Gasteiger partial charge in [0, 0.05) is 5.56 Å². The van der Waals surface area contributed by atoms with Gasteiger partial charge in [-0.05, 0) is 56.4 Å². The van der Waals surface area contributed by atoms with Crippen LogP contribution in [0, 0.1) is 0 Å². The first kappa shape index (κ1) is 21.0. The molecular formula is C18H21ClN2O5S. The van der Waals surface area contributed by atoms with Crippen LogP contribution < -0.4 is 19.5 Å². The minimum atomic E-state index is -3.75. The molecule has 0 aliphatic heterocycles. The van der Waals surface area contributed by atoms with Gasteiger partial charge in [0.15, 0.2) is 0 Å². The first-order valence-corrected chi connectivity index (χ1v) is 10.1. The second-order valence-electron chi connectivity index (χ2n) is 5.36. The third kappa shape index (κ3) is 5.85. The van der Waals surface area contributed by atoms with E-state index in [2.05, 4.69) is 10.0 Å². The summed E-state index contributed by atoms with van der Waals surface area (Å²) >= 11 is 5.91. The summed E-state index contributed by atoms with van der Waals surface area (Å²) in [5.74, 6) is 0.990. The van der Waals surface area contributed by atoms with Gasteiger partial charge in [-0.3, -0.25) is 4.79 Å². The van der Waals surface area contributed by atoms with Gasteiger partial charge in [0.2, 0.25) is 10.0 Å². The van der Waals surface area contributed by atoms with E-state index in [0.29, 0.717) is 12.4 Å². The van der Waals surface area contributed by atoms with Crippen molar-refractivity contribution in [1.29, 1.82) is 0 Å². The number of hydrogen-bond acceptors (Lipinski definition) is 5. The quantitative estimate of drug-likeness (QED) is 0.617. The van der Waals surface area contributed by atoms with E-state index in [0.717, 1.165) is 5.75 Å². The van der Waals surface area contributed by atoms with Crippen molar-refractivity contribution >= 4 is 27.5 Å². The summed E-state index contributed by atoms with van der Waals surface area (Å²) < 4.78 is 36.9. The number of hydrogen-bond donors (Lipinski definition) is 2. The molecule has 0 atom stereocenters. The Kier molecular flexibility index (Phi) is 7.46. The molecule has 0 aliphatic rings. The van der Waals surface area contributed by atoms with Crippen molar-refractivity contribution in [3.63, 3.8) is 0 Å². The highest BCUT2D eigenvalue weighted by atomic mass is 35.5. The molecule has 0 unspecified atom stereocenters. The lowest BCUT2D eigenvalue weighted by Gasteiger charge is -2.10. The molecule has 0 fully saturated rings. The summed E-state index contributed by atoms with van der Waals surface area (Å²) in [6, 6.07) is 11.2. The van der Waals surface area contributed by atoms with Crippen LogP contribution in [0.4, 0.5) is 0 Å². The molecule has 0 saturated heterocycles. The lowest BCUT2D eigenvalue weighted by atomic mass is 10.2.